The summed E-state index contributed by atoms with van der Waals surface area (Å²) < 4.78 is 74.9. The molecule has 0 bridgehead atoms. The van der Waals surface area contributed by atoms with E-state index in [1.165, 1.54) is 58.9 Å². The van der Waals surface area contributed by atoms with Gasteiger partial charge in [0.15, 0.2) is 10.3 Å². The summed E-state index contributed by atoms with van der Waals surface area (Å²) in [6.07, 6.45) is 3.68. The molecule has 0 aliphatic carbocycles. The second kappa shape index (κ2) is 21.0. The quantitative estimate of drug-likeness (QED) is 0.120. The minimum Gasteiger partial charge on any atom is -0.370 e. The van der Waals surface area contributed by atoms with Crippen LogP contribution in [0, 0.1) is 59.0 Å². The Labute approximate surface area is 470 Å². The van der Waals surface area contributed by atoms with Crippen molar-refractivity contribution in [2.24, 2.45) is 10.8 Å². The molecule has 1 N–H and O–H groups in total. The molecule has 412 valence electrons. The van der Waals surface area contributed by atoms with E-state index >= 15 is 0 Å². The van der Waals surface area contributed by atoms with Gasteiger partial charge in [0, 0.05) is 122 Å². The van der Waals surface area contributed by atoms with Crippen LogP contribution in [0.2, 0.25) is 0 Å². The van der Waals surface area contributed by atoms with Crippen LogP contribution in [0.15, 0.2) is 72.8 Å². The van der Waals surface area contributed by atoms with Crippen molar-refractivity contribution in [1.82, 2.24) is 38.8 Å². The molecule has 0 radical (unpaired) electrons. The van der Waals surface area contributed by atoms with Crippen LogP contribution in [0.5, 0.6) is 0 Å². The second-order valence-electron chi connectivity index (χ2n) is 20.8. The fraction of sp³-hybridized carbons (Fsp3) is 0.370. The van der Waals surface area contributed by atoms with Gasteiger partial charge in [0.2, 0.25) is 19.1 Å². The van der Waals surface area contributed by atoms with Gasteiger partial charge in [0.25, 0.3) is 0 Å². The molecule has 0 saturated carbocycles. The third-order valence-electron chi connectivity index (χ3n) is 14.8. The van der Waals surface area contributed by atoms with E-state index in [4.69, 9.17) is 20.2 Å². The number of fused-ring (bicyclic) bond motifs is 2. The van der Waals surface area contributed by atoms with Crippen molar-refractivity contribution < 1.29 is 25.6 Å². The number of anilines is 6. The van der Waals surface area contributed by atoms with Crippen molar-refractivity contribution in [3.63, 3.8) is 0 Å². The number of benzene rings is 2. The normalized spacial score (nSPS) is 16.2. The van der Waals surface area contributed by atoms with Crippen LogP contribution in [-0.2, 0) is 31.9 Å². The summed E-state index contributed by atoms with van der Waals surface area (Å²) >= 11 is 2.63. The van der Waals surface area contributed by atoms with E-state index in [0.717, 1.165) is 108 Å². The molecule has 4 aliphatic heterocycles. The van der Waals surface area contributed by atoms with E-state index in [1.54, 1.807) is 28.6 Å². The van der Waals surface area contributed by atoms with Crippen LogP contribution in [0.1, 0.15) is 46.4 Å². The largest absolute Gasteiger partial charge is 0.370 e. The molecular weight excluding hydrogens is 1110 g/mol. The summed E-state index contributed by atoms with van der Waals surface area (Å²) in [5.41, 5.74) is 13.2. The lowest BCUT2D eigenvalue weighted by Crippen LogP contribution is -2.72. The Morgan fingerprint density at radius 3 is 1.37 bits per heavy atom. The van der Waals surface area contributed by atoms with Crippen molar-refractivity contribution in [2.75, 3.05) is 98.6 Å². The number of aryl methyl sites for hydroxylation is 4. The Morgan fingerprint density at radius 2 is 1.04 bits per heavy atom. The first-order valence-corrected chi connectivity index (χ1v) is 31.5. The zero-order valence-corrected chi connectivity index (χ0v) is 48.7. The van der Waals surface area contributed by atoms with Gasteiger partial charge >= 0.3 is 0 Å². The predicted molar refractivity (Wildman–Crippen MR) is 308 cm³/mol. The molecule has 6 aromatic heterocycles. The average molecular weight is 1170 g/mol. The summed E-state index contributed by atoms with van der Waals surface area (Å²) in [6, 6.07) is 25.3. The van der Waals surface area contributed by atoms with Crippen molar-refractivity contribution in [3.8, 4) is 34.7 Å². The van der Waals surface area contributed by atoms with Crippen molar-refractivity contribution in [3.05, 3.63) is 117 Å². The fourth-order valence-corrected chi connectivity index (χ4v) is 13.5. The van der Waals surface area contributed by atoms with E-state index in [1.807, 2.05) is 39.8 Å². The number of nitriles is 2. The monoisotopic (exact) mass is 1170 g/mol. The van der Waals surface area contributed by atoms with Crippen molar-refractivity contribution >= 4 is 96.5 Å². The Hall–Kier alpha value is -6.77. The van der Waals surface area contributed by atoms with Gasteiger partial charge in [-0.25, -0.2) is 48.9 Å². The van der Waals surface area contributed by atoms with Gasteiger partial charge < -0.3 is 24.9 Å². The number of nitrogens with zero attached hydrogens (tertiary/aromatic N) is 13. The Bertz CT molecular complexity index is 3970. The summed E-state index contributed by atoms with van der Waals surface area (Å²) in [4.78, 5) is 19.3. The molecule has 18 nitrogen and oxygen atoms in total. The topological polar surface area (TPSA) is 204 Å². The Balaban J connectivity index is 0.000000165. The van der Waals surface area contributed by atoms with Crippen molar-refractivity contribution in [2.45, 2.75) is 40.5 Å². The van der Waals surface area contributed by atoms with Gasteiger partial charge in [-0.2, -0.15) is 20.7 Å². The molecule has 4 fully saturated rings. The zero-order chi connectivity index (χ0) is 56.5. The zero-order valence-electron chi connectivity index (χ0n) is 44.7. The fourth-order valence-electron chi connectivity index (χ4n) is 10.8. The van der Waals surface area contributed by atoms with Crippen LogP contribution in [-0.4, -0.2) is 129 Å². The number of hydrogen-bond donors (Lipinski definition) is 1. The maximum atomic E-state index is 13.5. The lowest BCUT2D eigenvalue weighted by atomic mass is 9.74. The standard InChI is InChI=1S/C27H28FN7O2S2.C26H26FN7S.CH3ClO2S/c1-5-21-25(32(3)26-30-24(23(12-29)38-26)18-6-8-19(28)9-7-18)22-11-20(10-17(2)35(22)31-21)33-13-27(14-33)15-34(16-27)39(4,36)37;1-4-20-24(32(3)25-30-23(22(11-28)35-25)17-5-7-18(27)8-6-17)21-10-19(9-16(2)34(21)31-20)33-14-26(15-33)12-29-13-26;1-5(2,3)4/h6-11H,5,13-16H2,1-4H3;5-10,29H,4,12-15H2,1-3H3;1H3. The third kappa shape index (κ3) is 10.9. The molecule has 4 aliphatic rings. The first-order valence-electron chi connectivity index (χ1n) is 25.3. The van der Waals surface area contributed by atoms with Gasteiger partial charge in [-0.05, 0) is 99.5 Å². The second-order valence-corrected chi connectivity index (χ2v) is 27.8. The van der Waals surface area contributed by atoms with Crippen LogP contribution < -0.4 is 24.9 Å². The lowest BCUT2D eigenvalue weighted by Gasteiger charge is -2.60. The maximum Gasteiger partial charge on any atom is 0.229 e. The number of sulfonamides is 1. The molecule has 2 aromatic carbocycles. The van der Waals surface area contributed by atoms with E-state index in [2.05, 4.69) is 83.0 Å². The molecule has 79 heavy (non-hydrogen) atoms. The average Bonchev–Trinajstić information content (AvgIpc) is 4.22. The molecule has 0 unspecified atom stereocenters. The first kappa shape index (κ1) is 55.5. The number of rotatable bonds is 11. The van der Waals surface area contributed by atoms with Gasteiger partial charge in [-0.15, -0.1) is 0 Å². The van der Waals surface area contributed by atoms with E-state index < -0.39 is 19.1 Å². The summed E-state index contributed by atoms with van der Waals surface area (Å²) in [6.45, 7) is 15.4. The molecule has 12 rings (SSSR count). The molecule has 0 atom stereocenters. The highest BCUT2D eigenvalue weighted by molar-refractivity contribution is 8.13. The number of hydrogen-bond acceptors (Lipinski definition) is 17. The van der Waals surface area contributed by atoms with Crippen LogP contribution in [0.3, 0.4) is 0 Å². The minimum atomic E-state index is -3.19. The number of pyridine rings is 2. The summed E-state index contributed by atoms with van der Waals surface area (Å²) in [5, 5.41) is 34.1. The third-order valence-corrected chi connectivity index (χ3v) is 18.1. The van der Waals surface area contributed by atoms with E-state index in [-0.39, 0.29) is 17.0 Å². The molecular formula is C54H57ClF2N14O4S4. The molecule has 4 saturated heterocycles. The maximum absolute atomic E-state index is 13.5. The van der Waals surface area contributed by atoms with E-state index in [0.29, 0.717) is 61.9 Å². The SMILES string of the molecule is CCc1nn2c(C)cc(N3CC4(C3)CN(S(C)(=O)=O)C4)cc2c1N(C)c1nc(-c2ccc(F)cc2)c(C#N)s1.CCc1nn2c(C)cc(N3CC4(CNC4)C3)cc2c1N(C)c1nc(-c2ccc(F)cc2)c(C#N)s1.CS(=O)(=O)Cl. The summed E-state index contributed by atoms with van der Waals surface area (Å²) in [7, 11) is 2.08. The Kier molecular flexibility index (Phi) is 14.8. The van der Waals surface area contributed by atoms with Crippen molar-refractivity contribution in [1.29, 1.82) is 10.5 Å². The number of halogens is 3. The summed E-state index contributed by atoms with van der Waals surface area (Å²) in [5.74, 6) is -0.653. The predicted octanol–water partition coefficient (Wildman–Crippen LogP) is 8.89. The Morgan fingerprint density at radius 1 is 0.658 bits per heavy atom. The molecule has 10 heterocycles. The highest BCUT2D eigenvalue weighted by Crippen LogP contribution is 2.46. The smallest absolute Gasteiger partial charge is 0.229 e. The van der Waals surface area contributed by atoms with Gasteiger partial charge in [-0.1, -0.05) is 36.5 Å². The molecule has 25 heteroatoms. The van der Waals surface area contributed by atoms with Gasteiger partial charge in [0.1, 0.15) is 44.9 Å². The minimum absolute atomic E-state index is 0.0306. The van der Waals surface area contributed by atoms with E-state index in [9.17, 15) is 36.1 Å². The van der Waals surface area contributed by atoms with Crippen LogP contribution in [0.4, 0.5) is 41.8 Å². The van der Waals surface area contributed by atoms with Crippen LogP contribution >= 0.6 is 33.4 Å². The molecule has 2 spiro atoms. The van der Waals surface area contributed by atoms with Gasteiger partial charge in [-0.3, -0.25) is 0 Å². The number of aromatic nitrogens is 6. The highest BCUT2D eigenvalue weighted by atomic mass is 35.7. The van der Waals surface area contributed by atoms with Crippen LogP contribution in [0.25, 0.3) is 33.5 Å². The lowest BCUT2D eigenvalue weighted by molar-refractivity contribution is 0.0400. The first-order chi connectivity index (χ1) is 37.4. The highest BCUT2D eigenvalue weighted by Gasteiger charge is 2.54. The van der Waals surface area contributed by atoms with Gasteiger partial charge in [0.05, 0.1) is 46.3 Å². The number of nitrogens with one attached hydrogen (secondary N) is 1. The number of thiazole rings is 2. The molecule has 0 amide bonds. The molecule has 8 aromatic rings.